The number of carboxylic acid groups (broad SMARTS) is 1. The Morgan fingerprint density at radius 1 is 0.833 bits per heavy atom. The van der Waals surface area contributed by atoms with E-state index in [4.69, 9.17) is 4.74 Å². The van der Waals surface area contributed by atoms with E-state index in [-0.39, 0.29) is 17.6 Å². The predicted molar refractivity (Wildman–Crippen MR) is 118 cm³/mol. The minimum Gasteiger partial charge on any atom is -0.480 e. The smallest absolute Gasteiger partial charge is 0.408 e. The fourth-order valence-corrected chi connectivity index (χ4v) is 4.22. The fraction of sp³-hybridized carbons (Fsp3) is 0.167. The van der Waals surface area contributed by atoms with Crippen molar-refractivity contribution in [3.05, 3.63) is 108 Å². The molecule has 0 radical (unpaired) electrons. The van der Waals surface area contributed by atoms with Gasteiger partial charge in [-0.25, -0.2) is 9.59 Å². The molecule has 3 rings (SSSR count). The number of carbonyl (C=O) groups excluding carboxylic acids is 1. The molecule has 0 saturated carbocycles. The maximum Gasteiger partial charge on any atom is 0.408 e. The Labute approximate surface area is 180 Å². The minimum atomic E-state index is -1.10. The van der Waals surface area contributed by atoms with Crippen LogP contribution in [0.25, 0.3) is 0 Å². The van der Waals surface area contributed by atoms with Crippen molar-refractivity contribution in [2.24, 2.45) is 0 Å². The number of alkyl carbamates (subject to hydrolysis) is 1. The summed E-state index contributed by atoms with van der Waals surface area (Å²) in [4.78, 5) is 23.8. The van der Waals surface area contributed by atoms with Crippen LogP contribution in [0.2, 0.25) is 0 Å². The van der Waals surface area contributed by atoms with Crippen LogP contribution < -0.4 is 5.32 Å². The zero-order valence-corrected chi connectivity index (χ0v) is 17.1. The molecule has 0 aromatic heterocycles. The Morgan fingerprint density at radius 3 is 1.83 bits per heavy atom. The number of thioether (sulfide) groups is 1. The molecular formula is C24H23NO4S. The maximum absolute atomic E-state index is 12.1. The highest BCUT2D eigenvalue weighted by molar-refractivity contribution is 7.99. The summed E-state index contributed by atoms with van der Waals surface area (Å²) in [6.45, 7) is 0.0861. The van der Waals surface area contributed by atoms with Crippen LogP contribution in [0.5, 0.6) is 0 Å². The monoisotopic (exact) mass is 421 g/mol. The topological polar surface area (TPSA) is 75.6 Å². The van der Waals surface area contributed by atoms with Crippen molar-refractivity contribution >= 4 is 23.8 Å². The van der Waals surface area contributed by atoms with Crippen molar-refractivity contribution < 1.29 is 19.4 Å². The van der Waals surface area contributed by atoms with E-state index in [1.165, 1.54) is 11.8 Å². The molecule has 0 aliphatic heterocycles. The molecule has 0 aliphatic carbocycles. The maximum atomic E-state index is 12.1. The van der Waals surface area contributed by atoms with Crippen molar-refractivity contribution in [2.75, 3.05) is 5.75 Å². The number of benzene rings is 3. The number of rotatable bonds is 9. The van der Waals surface area contributed by atoms with Gasteiger partial charge < -0.3 is 15.2 Å². The van der Waals surface area contributed by atoms with Gasteiger partial charge in [-0.15, -0.1) is 11.8 Å². The first-order valence-corrected chi connectivity index (χ1v) is 10.6. The Kier molecular flexibility index (Phi) is 7.92. The third kappa shape index (κ3) is 6.39. The summed E-state index contributed by atoms with van der Waals surface area (Å²) < 4.78 is 5.16. The summed E-state index contributed by atoms with van der Waals surface area (Å²) in [6.07, 6.45) is -0.747. The van der Waals surface area contributed by atoms with Gasteiger partial charge in [-0.1, -0.05) is 91.0 Å². The summed E-state index contributed by atoms with van der Waals surface area (Å²) in [6, 6.07) is 28.0. The van der Waals surface area contributed by atoms with E-state index in [2.05, 4.69) is 5.32 Å². The van der Waals surface area contributed by atoms with Gasteiger partial charge in [0.15, 0.2) is 0 Å². The summed E-state index contributed by atoms with van der Waals surface area (Å²) in [7, 11) is 0. The molecule has 5 nitrogen and oxygen atoms in total. The molecule has 30 heavy (non-hydrogen) atoms. The van der Waals surface area contributed by atoms with Gasteiger partial charge in [-0.2, -0.15) is 0 Å². The zero-order valence-electron chi connectivity index (χ0n) is 16.3. The number of carboxylic acids is 1. The highest BCUT2D eigenvalue weighted by Gasteiger charge is 2.24. The van der Waals surface area contributed by atoms with Crippen LogP contribution in [0.3, 0.4) is 0 Å². The molecule has 154 valence electrons. The first-order valence-electron chi connectivity index (χ1n) is 9.55. The van der Waals surface area contributed by atoms with E-state index in [0.29, 0.717) is 0 Å². The van der Waals surface area contributed by atoms with Gasteiger partial charge in [0.2, 0.25) is 0 Å². The average molecular weight is 422 g/mol. The Bertz CT molecular complexity index is 896. The summed E-state index contributed by atoms with van der Waals surface area (Å²) >= 11 is 1.47. The van der Waals surface area contributed by atoms with Crippen LogP contribution in [0.15, 0.2) is 91.0 Å². The molecule has 3 aromatic carbocycles. The van der Waals surface area contributed by atoms with Crippen LogP contribution in [0, 0.1) is 0 Å². The number of ether oxygens (including phenoxy) is 1. The first kappa shape index (κ1) is 21.5. The second kappa shape index (κ2) is 11.1. The van der Waals surface area contributed by atoms with Gasteiger partial charge in [-0.3, -0.25) is 0 Å². The number of hydrogen-bond acceptors (Lipinski definition) is 4. The standard InChI is InChI=1S/C24H23NO4S/c26-23(27)21(25-24(28)29-16-18-10-4-1-5-11-18)17-30-22(19-12-6-2-7-13-19)20-14-8-3-9-15-20/h1-15,21-22H,16-17H2,(H,25,28)(H,26,27)/t21-/m0/s1. The van der Waals surface area contributed by atoms with Crippen LogP contribution in [-0.4, -0.2) is 29.0 Å². The van der Waals surface area contributed by atoms with Crippen molar-refractivity contribution in [3.8, 4) is 0 Å². The quantitative estimate of drug-likeness (QED) is 0.515. The van der Waals surface area contributed by atoms with Crippen LogP contribution >= 0.6 is 11.8 Å². The fourth-order valence-electron chi connectivity index (χ4n) is 2.91. The second-order valence-corrected chi connectivity index (χ2v) is 7.77. The normalized spacial score (nSPS) is 11.6. The van der Waals surface area contributed by atoms with E-state index < -0.39 is 18.1 Å². The Hall–Kier alpha value is -3.25. The lowest BCUT2D eigenvalue weighted by Gasteiger charge is -2.21. The van der Waals surface area contributed by atoms with Crippen LogP contribution in [0.4, 0.5) is 4.79 Å². The van der Waals surface area contributed by atoms with Crippen LogP contribution in [-0.2, 0) is 16.1 Å². The first-order chi connectivity index (χ1) is 14.6. The number of nitrogens with one attached hydrogen (secondary N) is 1. The van der Waals surface area contributed by atoms with E-state index in [1.54, 1.807) is 0 Å². The molecule has 0 spiro atoms. The van der Waals surface area contributed by atoms with Gasteiger partial charge in [0.25, 0.3) is 0 Å². The number of hydrogen-bond donors (Lipinski definition) is 2. The third-order valence-corrected chi connectivity index (χ3v) is 5.84. The number of aliphatic carboxylic acids is 1. The number of carbonyl (C=O) groups is 2. The Morgan fingerprint density at radius 2 is 1.33 bits per heavy atom. The van der Waals surface area contributed by atoms with Gasteiger partial charge >= 0.3 is 12.1 Å². The molecule has 3 aromatic rings. The molecule has 0 unspecified atom stereocenters. The average Bonchev–Trinajstić information content (AvgIpc) is 2.79. The van der Waals surface area contributed by atoms with Crippen molar-refractivity contribution in [1.82, 2.24) is 5.32 Å². The van der Waals surface area contributed by atoms with E-state index in [0.717, 1.165) is 16.7 Å². The van der Waals surface area contributed by atoms with E-state index in [1.807, 2.05) is 91.0 Å². The molecule has 6 heteroatoms. The molecule has 0 saturated heterocycles. The predicted octanol–water partition coefficient (Wildman–Crippen LogP) is 4.89. The third-order valence-electron chi connectivity index (χ3n) is 4.44. The molecule has 1 amide bonds. The number of amides is 1. The second-order valence-electron chi connectivity index (χ2n) is 6.63. The lowest BCUT2D eigenvalue weighted by molar-refractivity contribution is -0.138. The summed E-state index contributed by atoms with van der Waals surface area (Å²) in [5.74, 6) is -0.899. The molecular weight excluding hydrogens is 398 g/mol. The molecule has 0 heterocycles. The summed E-state index contributed by atoms with van der Waals surface area (Å²) in [5.41, 5.74) is 2.98. The van der Waals surface area contributed by atoms with E-state index in [9.17, 15) is 14.7 Å². The van der Waals surface area contributed by atoms with Gasteiger partial charge in [0.1, 0.15) is 12.6 Å². The van der Waals surface area contributed by atoms with Crippen molar-refractivity contribution in [3.63, 3.8) is 0 Å². The van der Waals surface area contributed by atoms with Crippen molar-refractivity contribution in [1.29, 1.82) is 0 Å². The van der Waals surface area contributed by atoms with Gasteiger partial charge in [0, 0.05) is 5.75 Å². The van der Waals surface area contributed by atoms with Crippen LogP contribution in [0.1, 0.15) is 21.9 Å². The zero-order chi connectivity index (χ0) is 21.2. The minimum absolute atomic E-state index is 0.0450. The lowest BCUT2D eigenvalue weighted by atomic mass is 10.0. The molecule has 0 bridgehead atoms. The highest BCUT2D eigenvalue weighted by atomic mass is 32.2. The molecule has 0 aliphatic rings. The molecule has 1 atom stereocenters. The lowest BCUT2D eigenvalue weighted by Crippen LogP contribution is -2.43. The van der Waals surface area contributed by atoms with E-state index >= 15 is 0 Å². The van der Waals surface area contributed by atoms with Gasteiger partial charge in [-0.05, 0) is 16.7 Å². The molecule has 2 N–H and O–H groups in total. The largest absolute Gasteiger partial charge is 0.480 e. The van der Waals surface area contributed by atoms with Crippen molar-refractivity contribution in [2.45, 2.75) is 17.9 Å². The summed E-state index contributed by atoms with van der Waals surface area (Å²) in [5, 5.41) is 12.0. The SMILES string of the molecule is O=C(N[C@@H](CSC(c1ccccc1)c1ccccc1)C(=O)O)OCc1ccccc1. The Balaban J connectivity index is 1.63. The highest BCUT2D eigenvalue weighted by Crippen LogP contribution is 2.35. The molecule has 0 fully saturated rings. The van der Waals surface area contributed by atoms with Gasteiger partial charge in [0.05, 0.1) is 5.25 Å².